The van der Waals surface area contributed by atoms with Crippen LogP contribution in [-0.4, -0.2) is 18.5 Å². The van der Waals surface area contributed by atoms with Crippen molar-refractivity contribution in [2.75, 3.05) is 6.61 Å². The molecule has 0 bridgehead atoms. The summed E-state index contributed by atoms with van der Waals surface area (Å²) >= 11 is 0. The van der Waals surface area contributed by atoms with Gasteiger partial charge in [-0.1, -0.05) is 35.5 Å². The van der Waals surface area contributed by atoms with Crippen molar-refractivity contribution in [3.8, 4) is 0 Å². The molecule has 1 aromatic rings. The first kappa shape index (κ1) is 13.2. The summed E-state index contributed by atoms with van der Waals surface area (Å²) in [5.41, 5.74) is 2.00. The van der Waals surface area contributed by atoms with E-state index in [-0.39, 0.29) is 6.61 Å². The van der Waals surface area contributed by atoms with Gasteiger partial charge < -0.3 is 4.74 Å². The molecule has 0 heterocycles. The van der Waals surface area contributed by atoms with E-state index < -0.39 is 6.16 Å². The van der Waals surface area contributed by atoms with Gasteiger partial charge in [0, 0.05) is 0 Å². The molecule has 0 N–H and O–H groups in total. The number of rotatable bonds is 5. The highest BCUT2D eigenvalue weighted by atomic mass is 16.8. The number of carbonyl (C=O) groups excluding carboxylic acids is 1. The highest BCUT2D eigenvalue weighted by Gasteiger charge is 2.01. The van der Waals surface area contributed by atoms with Gasteiger partial charge >= 0.3 is 6.16 Å². The summed E-state index contributed by atoms with van der Waals surface area (Å²) < 4.78 is 4.59. The van der Waals surface area contributed by atoms with Gasteiger partial charge in [0.15, 0.2) is 0 Å². The lowest BCUT2D eigenvalue weighted by molar-refractivity contribution is 0.0611. The third-order valence-electron chi connectivity index (χ3n) is 2.16. The Balaban J connectivity index is 2.31. The molecule has 0 aromatic heterocycles. The van der Waals surface area contributed by atoms with Gasteiger partial charge in [-0.2, -0.15) is 0 Å². The second kappa shape index (κ2) is 7.44. The van der Waals surface area contributed by atoms with Crippen LogP contribution in [0.5, 0.6) is 0 Å². The number of ether oxygens (including phenoxy) is 1. The molecule has 0 amide bonds. The Morgan fingerprint density at radius 3 is 2.65 bits per heavy atom. The average Bonchev–Trinajstić information content (AvgIpc) is 2.35. The highest BCUT2D eigenvalue weighted by Crippen LogP contribution is 2.03. The van der Waals surface area contributed by atoms with E-state index >= 15 is 0 Å². The van der Waals surface area contributed by atoms with Crippen molar-refractivity contribution in [1.29, 1.82) is 0 Å². The van der Waals surface area contributed by atoms with Crippen LogP contribution in [0.1, 0.15) is 25.8 Å². The third kappa shape index (κ3) is 5.70. The van der Waals surface area contributed by atoms with Crippen LogP contribution >= 0.6 is 0 Å². The van der Waals surface area contributed by atoms with Gasteiger partial charge in [-0.25, -0.2) is 4.79 Å². The predicted octanol–water partition coefficient (Wildman–Crippen LogP) is 3.17. The number of nitrogens with zero attached hydrogens (tertiary/aromatic N) is 1. The number of oxime groups is 1. The normalized spacial score (nSPS) is 11.1. The van der Waals surface area contributed by atoms with E-state index in [0.29, 0.717) is 0 Å². The average molecular weight is 235 g/mol. The number of carbonyl (C=O) groups is 1. The molecule has 4 heteroatoms. The van der Waals surface area contributed by atoms with Gasteiger partial charge in [0.2, 0.25) is 0 Å². The summed E-state index contributed by atoms with van der Waals surface area (Å²) in [7, 11) is 0. The summed E-state index contributed by atoms with van der Waals surface area (Å²) in [6.45, 7) is 3.83. The van der Waals surface area contributed by atoms with E-state index in [0.717, 1.165) is 18.6 Å². The maximum absolute atomic E-state index is 10.9. The third-order valence-corrected chi connectivity index (χ3v) is 2.16. The van der Waals surface area contributed by atoms with E-state index in [1.54, 1.807) is 6.92 Å². The van der Waals surface area contributed by atoms with Crippen LogP contribution in [0.3, 0.4) is 0 Å². The Labute approximate surface area is 101 Å². The lowest BCUT2D eigenvalue weighted by Crippen LogP contribution is -2.05. The van der Waals surface area contributed by atoms with Crippen molar-refractivity contribution in [2.24, 2.45) is 5.16 Å². The molecule has 1 aromatic carbocycles. The van der Waals surface area contributed by atoms with Crippen LogP contribution in [-0.2, 0) is 16.0 Å². The van der Waals surface area contributed by atoms with Crippen LogP contribution in [0, 0.1) is 0 Å². The number of hydrogen-bond donors (Lipinski definition) is 0. The summed E-state index contributed by atoms with van der Waals surface area (Å²) in [6, 6.07) is 10.1. The minimum Gasteiger partial charge on any atom is -0.433 e. The van der Waals surface area contributed by atoms with Gasteiger partial charge in [-0.3, -0.25) is 4.84 Å². The molecular weight excluding hydrogens is 218 g/mol. The Kier molecular flexibility index (Phi) is 5.79. The quantitative estimate of drug-likeness (QED) is 0.341. The zero-order valence-corrected chi connectivity index (χ0v) is 10.2. The highest BCUT2D eigenvalue weighted by molar-refractivity contribution is 5.82. The van der Waals surface area contributed by atoms with Crippen LogP contribution in [0.25, 0.3) is 0 Å². The minimum absolute atomic E-state index is 0.289. The first-order chi connectivity index (χ1) is 8.22. The Hall–Kier alpha value is -1.84. The minimum atomic E-state index is -0.758. The van der Waals surface area contributed by atoms with E-state index in [2.05, 4.69) is 26.9 Å². The number of aryl methyl sites for hydroxylation is 1. The zero-order valence-electron chi connectivity index (χ0n) is 10.2. The van der Waals surface area contributed by atoms with Gasteiger partial charge in [0.1, 0.15) is 0 Å². The van der Waals surface area contributed by atoms with Gasteiger partial charge in [0.05, 0.1) is 12.3 Å². The molecule has 0 fully saturated rings. The van der Waals surface area contributed by atoms with Gasteiger partial charge in [-0.05, 0) is 32.3 Å². The van der Waals surface area contributed by atoms with E-state index in [9.17, 15) is 4.79 Å². The monoisotopic (exact) mass is 235 g/mol. The molecule has 92 valence electrons. The molecule has 0 unspecified atom stereocenters. The topological polar surface area (TPSA) is 47.9 Å². The molecule has 0 saturated carbocycles. The predicted molar refractivity (Wildman–Crippen MR) is 66.0 cm³/mol. The fraction of sp³-hybridized carbons (Fsp3) is 0.385. The fourth-order valence-electron chi connectivity index (χ4n) is 1.27. The van der Waals surface area contributed by atoms with Crippen molar-refractivity contribution < 1.29 is 14.4 Å². The Bertz CT molecular complexity index is 374. The van der Waals surface area contributed by atoms with E-state index in [1.807, 2.05) is 25.1 Å². The SMILES string of the molecule is CCOC(=O)O/N=C(\C)CCc1ccccc1. The second-order valence-corrected chi connectivity index (χ2v) is 3.59. The number of benzene rings is 1. The van der Waals surface area contributed by atoms with Crippen molar-refractivity contribution >= 4 is 11.9 Å². The lowest BCUT2D eigenvalue weighted by Gasteiger charge is -2.01. The summed E-state index contributed by atoms with van der Waals surface area (Å²) in [4.78, 5) is 15.4. The molecule has 0 spiro atoms. The van der Waals surface area contributed by atoms with Gasteiger partial charge in [0.25, 0.3) is 0 Å². The molecule has 17 heavy (non-hydrogen) atoms. The Morgan fingerprint density at radius 2 is 2.00 bits per heavy atom. The lowest BCUT2D eigenvalue weighted by atomic mass is 10.1. The molecule has 0 radical (unpaired) electrons. The summed E-state index contributed by atoms with van der Waals surface area (Å²) in [6.07, 6.45) is 0.873. The van der Waals surface area contributed by atoms with E-state index in [1.165, 1.54) is 5.56 Å². The van der Waals surface area contributed by atoms with Crippen molar-refractivity contribution in [3.05, 3.63) is 35.9 Å². The smallest absolute Gasteiger partial charge is 0.433 e. The maximum atomic E-state index is 10.9. The van der Waals surface area contributed by atoms with Crippen LogP contribution in [0.4, 0.5) is 4.79 Å². The first-order valence-corrected chi connectivity index (χ1v) is 5.63. The molecule has 1 rings (SSSR count). The molecule has 0 saturated heterocycles. The summed E-state index contributed by atoms with van der Waals surface area (Å²) in [5.74, 6) is 0. The van der Waals surface area contributed by atoms with Gasteiger partial charge in [-0.15, -0.1) is 0 Å². The first-order valence-electron chi connectivity index (χ1n) is 5.63. The molecule has 0 aliphatic rings. The standard InChI is InChI=1S/C13H17NO3/c1-3-16-13(15)17-14-11(2)9-10-12-7-5-4-6-8-12/h4-8H,3,9-10H2,1-2H3/b14-11+. The second-order valence-electron chi connectivity index (χ2n) is 3.59. The van der Waals surface area contributed by atoms with E-state index in [4.69, 9.17) is 0 Å². The van der Waals surface area contributed by atoms with Crippen molar-refractivity contribution in [1.82, 2.24) is 0 Å². The molecule has 0 atom stereocenters. The van der Waals surface area contributed by atoms with Crippen LogP contribution < -0.4 is 0 Å². The summed E-state index contributed by atoms with van der Waals surface area (Å²) in [5, 5.41) is 3.70. The maximum Gasteiger partial charge on any atom is 0.535 e. The fourth-order valence-corrected chi connectivity index (χ4v) is 1.27. The van der Waals surface area contributed by atoms with Crippen LogP contribution in [0.2, 0.25) is 0 Å². The molecule has 4 nitrogen and oxygen atoms in total. The van der Waals surface area contributed by atoms with Crippen molar-refractivity contribution in [2.45, 2.75) is 26.7 Å². The van der Waals surface area contributed by atoms with Crippen LogP contribution in [0.15, 0.2) is 35.5 Å². The Morgan fingerprint density at radius 1 is 1.29 bits per heavy atom. The largest absolute Gasteiger partial charge is 0.535 e. The van der Waals surface area contributed by atoms with Crippen molar-refractivity contribution in [3.63, 3.8) is 0 Å². The number of hydrogen-bond acceptors (Lipinski definition) is 4. The molecular formula is C13H17NO3. The zero-order chi connectivity index (χ0) is 12.5. The molecule has 0 aliphatic carbocycles. The molecule has 0 aliphatic heterocycles.